The zero-order chi connectivity index (χ0) is 13.6. The minimum absolute atomic E-state index is 0.140. The molecule has 112 valence electrons. The largest absolute Gasteiger partial charge is 0.378 e. The van der Waals surface area contributed by atoms with Gasteiger partial charge in [-0.15, -0.1) is 0 Å². The zero-order valence-corrected chi connectivity index (χ0v) is 12.8. The summed E-state index contributed by atoms with van der Waals surface area (Å²) in [6, 6.07) is 0. The fraction of sp³-hybridized carbons (Fsp3) is 1.00. The molecule has 1 heterocycles. The topological polar surface area (TPSA) is 35.2 Å². The minimum atomic E-state index is 0.140. The third-order valence-corrected chi connectivity index (χ3v) is 5.26. The summed E-state index contributed by atoms with van der Waals surface area (Å²) in [5, 5.41) is 0. The second-order valence-electron chi connectivity index (χ2n) is 6.98. The van der Waals surface area contributed by atoms with Crippen LogP contribution in [0, 0.1) is 5.92 Å². The lowest BCUT2D eigenvalue weighted by atomic mass is 9.85. The highest BCUT2D eigenvalue weighted by Crippen LogP contribution is 2.34. The van der Waals surface area contributed by atoms with Gasteiger partial charge in [0.05, 0.1) is 6.10 Å². The normalized spacial score (nSPS) is 36.3. The van der Waals surface area contributed by atoms with Crippen molar-refractivity contribution in [1.29, 1.82) is 0 Å². The van der Waals surface area contributed by atoms with Crippen molar-refractivity contribution in [2.24, 2.45) is 11.7 Å². The summed E-state index contributed by atoms with van der Waals surface area (Å²) in [5.41, 5.74) is 6.80. The van der Waals surface area contributed by atoms with Crippen LogP contribution in [0.4, 0.5) is 0 Å². The Labute approximate surface area is 119 Å². The minimum Gasteiger partial charge on any atom is -0.378 e. The Hall–Kier alpha value is -0.0800. The molecule has 0 aromatic carbocycles. The molecule has 2 fully saturated rings. The number of nitrogens with two attached hydrogens (primary N) is 1. The Morgan fingerprint density at radius 1 is 1.11 bits per heavy atom. The van der Waals surface area contributed by atoms with Crippen molar-refractivity contribution in [3.05, 3.63) is 0 Å². The van der Waals surface area contributed by atoms with E-state index in [4.69, 9.17) is 10.5 Å². The van der Waals surface area contributed by atoms with Gasteiger partial charge in [-0.3, -0.25) is 0 Å². The van der Waals surface area contributed by atoms with Gasteiger partial charge < -0.3 is 10.5 Å². The van der Waals surface area contributed by atoms with E-state index in [0.717, 1.165) is 12.5 Å². The van der Waals surface area contributed by atoms with Crippen molar-refractivity contribution in [2.45, 2.75) is 95.6 Å². The van der Waals surface area contributed by atoms with E-state index in [9.17, 15) is 0 Å². The van der Waals surface area contributed by atoms with Gasteiger partial charge in [0.25, 0.3) is 0 Å². The molecule has 0 bridgehead atoms. The maximum Gasteiger partial charge on any atom is 0.0576 e. The summed E-state index contributed by atoms with van der Waals surface area (Å²) in [4.78, 5) is 0. The number of hydrogen-bond acceptors (Lipinski definition) is 2. The van der Waals surface area contributed by atoms with E-state index in [0.29, 0.717) is 6.10 Å². The summed E-state index contributed by atoms with van der Waals surface area (Å²) in [6.07, 6.45) is 16.2. The first-order valence-corrected chi connectivity index (χ1v) is 8.62. The van der Waals surface area contributed by atoms with Crippen molar-refractivity contribution in [3.8, 4) is 0 Å². The monoisotopic (exact) mass is 267 g/mol. The lowest BCUT2D eigenvalue weighted by Gasteiger charge is -2.28. The molecule has 0 spiro atoms. The van der Waals surface area contributed by atoms with E-state index in [-0.39, 0.29) is 5.54 Å². The summed E-state index contributed by atoms with van der Waals surface area (Å²) in [5.74, 6) is 0.952. The van der Waals surface area contributed by atoms with Crippen LogP contribution in [0.5, 0.6) is 0 Å². The van der Waals surface area contributed by atoms with Crippen LogP contribution >= 0.6 is 0 Å². The fourth-order valence-electron chi connectivity index (χ4n) is 4.00. The van der Waals surface area contributed by atoms with Crippen LogP contribution in [-0.2, 0) is 4.74 Å². The first kappa shape index (κ1) is 15.3. The van der Waals surface area contributed by atoms with Gasteiger partial charge in [0.1, 0.15) is 0 Å². The number of rotatable bonds is 6. The summed E-state index contributed by atoms with van der Waals surface area (Å²) >= 11 is 0. The van der Waals surface area contributed by atoms with E-state index in [1.54, 1.807) is 0 Å². The summed E-state index contributed by atoms with van der Waals surface area (Å²) in [7, 11) is 0. The van der Waals surface area contributed by atoms with Crippen LogP contribution in [0.15, 0.2) is 0 Å². The Balaban J connectivity index is 1.68. The molecule has 1 saturated heterocycles. The fourth-order valence-corrected chi connectivity index (χ4v) is 4.00. The molecular formula is C17H33NO. The van der Waals surface area contributed by atoms with E-state index in [1.807, 2.05) is 0 Å². The third kappa shape index (κ3) is 5.07. The van der Waals surface area contributed by atoms with E-state index in [1.165, 1.54) is 77.0 Å². The Morgan fingerprint density at radius 3 is 2.74 bits per heavy atom. The van der Waals surface area contributed by atoms with Gasteiger partial charge in [-0.1, -0.05) is 32.6 Å². The molecule has 0 amide bonds. The average Bonchev–Trinajstić information content (AvgIpc) is 2.83. The highest BCUT2D eigenvalue weighted by molar-refractivity contribution is 4.88. The van der Waals surface area contributed by atoms with Gasteiger partial charge in [-0.2, -0.15) is 0 Å². The third-order valence-electron chi connectivity index (χ3n) is 5.26. The van der Waals surface area contributed by atoms with Gasteiger partial charge >= 0.3 is 0 Å². The smallest absolute Gasteiger partial charge is 0.0576 e. The molecule has 0 aromatic heterocycles. The molecule has 3 unspecified atom stereocenters. The Kier molecular flexibility index (Phi) is 6.15. The maximum absolute atomic E-state index is 6.66. The van der Waals surface area contributed by atoms with E-state index < -0.39 is 0 Å². The molecule has 19 heavy (non-hydrogen) atoms. The molecule has 0 radical (unpaired) electrons. The highest BCUT2D eigenvalue weighted by Gasteiger charge is 2.29. The van der Waals surface area contributed by atoms with Crippen LogP contribution < -0.4 is 5.73 Å². The van der Waals surface area contributed by atoms with Gasteiger partial charge in [0.2, 0.25) is 0 Å². The average molecular weight is 267 g/mol. The molecule has 0 aromatic rings. The van der Waals surface area contributed by atoms with Crippen LogP contribution in [0.1, 0.15) is 84.0 Å². The predicted molar refractivity (Wildman–Crippen MR) is 81.2 cm³/mol. The molecule has 1 aliphatic carbocycles. The van der Waals surface area contributed by atoms with Crippen LogP contribution in [-0.4, -0.2) is 18.2 Å². The van der Waals surface area contributed by atoms with Crippen LogP contribution in [0.2, 0.25) is 0 Å². The van der Waals surface area contributed by atoms with E-state index >= 15 is 0 Å². The standard InChI is InChI=1S/C17H33NO/c1-2-6-15-7-3-11-17(18,13-10-15)12-4-8-16-9-5-14-19-16/h15-16H,2-14,18H2,1H3. The second-order valence-corrected chi connectivity index (χ2v) is 6.98. The maximum atomic E-state index is 6.66. The molecule has 2 nitrogen and oxygen atoms in total. The molecule has 2 rings (SSSR count). The van der Waals surface area contributed by atoms with Crippen molar-refractivity contribution in [3.63, 3.8) is 0 Å². The van der Waals surface area contributed by atoms with Crippen molar-refractivity contribution >= 4 is 0 Å². The van der Waals surface area contributed by atoms with Gasteiger partial charge in [-0.25, -0.2) is 0 Å². The molecule has 1 saturated carbocycles. The first-order chi connectivity index (χ1) is 9.22. The van der Waals surface area contributed by atoms with Gasteiger partial charge in [0, 0.05) is 12.1 Å². The van der Waals surface area contributed by atoms with Crippen LogP contribution in [0.3, 0.4) is 0 Å². The van der Waals surface area contributed by atoms with Gasteiger partial charge in [0.15, 0.2) is 0 Å². The van der Waals surface area contributed by atoms with Gasteiger partial charge in [-0.05, 0) is 57.3 Å². The van der Waals surface area contributed by atoms with Crippen molar-refractivity contribution < 1.29 is 4.74 Å². The molecule has 2 N–H and O–H groups in total. The van der Waals surface area contributed by atoms with Crippen molar-refractivity contribution in [2.75, 3.05) is 6.61 Å². The first-order valence-electron chi connectivity index (χ1n) is 8.62. The SMILES string of the molecule is CCCC1CCCC(N)(CCCC2CCCO2)CC1. The van der Waals surface area contributed by atoms with Crippen LogP contribution in [0.25, 0.3) is 0 Å². The Morgan fingerprint density at radius 2 is 2.00 bits per heavy atom. The molecule has 2 aliphatic rings. The molecular weight excluding hydrogens is 234 g/mol. The lowest BCUT2D eigenvalue weighted by molar-refractivity contribution is 0.0996. The highest BCUT2D eigenvalue weighted by atomic mass is 16.5. The zero-order valence-electron chi connectivity index (χ0n) is 12.8. The molecule has 2 heteroatoms. The van der Waals surface area contributed by atoms with E-state index in [2.05, 4.69) is 6.92 Å². The van der Waals surface area contributed by atoms with Crippen molar-refractivity contribution in [1.82, 2.24) is 0 Å². The lowest BCUT2D eigenvalue weighted by Crippen LogP contribution is -2.39. The predicted octanol–water partition coefficient (Wildman–Crippen LogP) is 4.41. The number of ether oxygens (including phenoxy) is 1. The second kappa shape index (κ2) is 7.64. The summed E-state index contributed by atoms with van der Waals surface area (Å²) in [6.45, 7) is 3.29. The molecule has 1 aliphatic heterocycles. The molecule has 3 atom stereocenters. The summed E-state index contributed by atoms with van der Waals surface area (Å²) < 4.78 is 5.71. The Bertz CT molecular complexity index is 250. The quantitative estimate of drug-likeness (QED) is 0.723. The number of hydrogen-bond donors (Lipinski definition) is 1.